The van der Waals surface area contributed by atoms with Crippen LogP contribution in [0.25, 0.3) is 0 Å². The third-order valence-electron chi connectivity index (χ3n) is 5.34. The van der Waals surface area contributed by atoms with Crippen molar-refractivity contribution in [3.05, 3.63) is 29.2 Å². The summed E-state index contributed by atoms with van der Waals surface area (Å²) in [6.07, 6.45) is 4.23. The smallest absolute Gasteiger partial charge is 0.318 e. The van der Waals surface area contributed by atoms with E-state index in [0.717, 1.165) is 48.7 Å². The topological polar surface area (TPSA) is 85.2 Å². The number of methoxy groups -OCH3 is 1. The van der Waals surface area contributed by atoms with Gasteiger partial charge in [-0.2, -0.15) is 10.1 Å². The van der Waals surface area contributed by atoms with E-state index in [9.17, 15) is 4.79 Å². The SMILES string of the molecule is COc1nccc(N2CCC(CC(=O)NCc3c(C)nn(C)c3C)CC2)n1. The number of hydrogen-bond donors (Lipinski definition) is 1. The molecule has 8 nitrogen and oxygen atoms in total. The lowest BCUT2D eigenvalue weighted by Crippen LogP contribution is -2.36. The zero-order valence-electron chi connectivity index (χ0n) is 16.5. The van der Waals surface area contributed by atoms with Gasteiger partial charge in [-0.3, -0.25) is 9.48 Å². The van der Waals surface area contributed by atoms with Crippen molar-refractivity contribution in [2.45, 2.75) is 39.7 Å². The highest BCUT2D eigenvalue weighted by Crippen LogP contribution is 2.24. The van der Waals surface area contributed by atoms with E-state index in [-0.39, 0.29) is 5.91 Å². The maximum atomic E-state index is 12.4. The van der Waals surface area contributed by atoms with Gasteiger partial charge in [-0.05, 0) is 38.7 Å². The van der Waals surface area contributed by atoms with Crippen molar-refractivity contribution in [2.24, 2.45) is 13.0 Å². The number of piperidine rings is 1. The summed E-state index contributed by atoms with van der Waals surface area (Å²) < 4.78 is 6.95. The molecule has 0 saturated carbocycles. The van der Waals surface area contributed by atoms with Gasteiger partial charge in [0.1, 0.15) is 5.82 Å². The number of hydrogen-bond acceptors (Lipinski definition) is 6. The van der Waals surface area contributed by atoms with Crippen LogP contribution in [0.4, 0.5) is 5.82 Å². The monoisotopic (exact) mass is 372 g/mol. The number of nitrogens with one attached hydrogen (secondary N) is 1. The standard InChI is InChI=1S/C19H28N6O2/c1-13-16(14(2)24(3)23-13)12-21-18(26)11-15-6-9-25(10-7-15)17-5-8-20-19(22-17)27-4/h5,8,15H,6-7,9-12H2,1-4H3,(H,21,26). The number of rotatable bonds is 6. The van der Waals surface area contributed by atoms with Crippen LogP contribution in [0.15, 0.2) is 12.3 Å². The molecule has 1 amide bonds. The van der Waals surface area contributed by atoms with Gasteiger partial charge < -0.3 is 15.0 Å². The van der Waals surface area contributed by atoms with Crippen molar-refractivity contribution in [1.82, 2.24) is 25.1 Å². The normalized spacial score (nSPS) is 15.0. The minimum atomic E-state index is 0.111. The van der Waals surface area contributed by atoms with Crippen LogP contribution in [0.5, 0.6) is 6.01 Å². The zero-order chi connectivity index (χ0) is 19.4. The molecule has 3 heterocycles. The van der Waals surface area contributed by atoms with Gasteiger partial charge in [0.15, 0.2) is 0 Å². The molecule has 0 spiro atoms. The van der Waals surface area contributed by atoms with Crippen LogP contribution in [0.1, 0.15) is 36.2 Å². The second kappa shape index (κ2) is 8.37. The fourth-order valence-electron chi connectivity index (χ4n) is 3.57. The number of carbonyl (C=O) groups excluding carboxylic acids is 1. The molecule has 27 heavy (non-hydrogen) atoms. The van der Waals surface area contributed by atoms with Gasteiger partial charge in [0, 0.05) is 50.6 Å². The van der Waals surface area contributed by atoms with E-state index in [1.165, 1.54) is 0 Å². The lowest BCUT2D eigenvalue weighted by atomic mass is 9.93. The Labute approximate surface area is 159 Å². The second-order valence-electron chi connectivity index (χ2n) is 7.09. The van der Waals surface area contributed by atoms with Gasteiger partial charge in [-0.1, -0.05) is 0 Å². The number of anilines is 1. The number of nitrogens with zero attached hydrogens (tertiary/aromatic N) is 5. The third-order valence-corrected chi connectivity index (χ3v) is 5.34. The minimum absolute atomic E-state index is 0.111. The fraction of sp³-hybridized carbons (Fsp3) is 0.579. The molecule has 2 aromatic rings. The van der Waals surface area contributed by atoms with Crippen molar-refractivity contribution >= 4 is 11.7 Å². The number of aromatic nitrogens is 4. The van der Waals surface area contributed by atoms with Gasteiger partial charge in [-0.25, -0.2) is 4.98 Å². The number of aryl methyl sites for hydroxylation is 2. The number of carbonyl (C=O) groups is 1. The first-order chi connectivity index (χ1) is 13.0. The average molecular weight is 372 g/mol. The quantitative estimate of drug-likeness (QED) is 0.832. The Morgan fingerprint density at radius 2 is 2.07 bits per heavy atom. The summed E-state index contributed by atoms with van der Waals surface area (Å²) >= 11 is 0. The molecule has 146 valence electrons. The van der Waals surface area contributed by atoms with Crippen LogP contribution in [0.2, 0.25) is 0 Å². The molecule has 8 heteroatoms. The van der Waals surface area contributed by atoms with Gasteiger partial charge in [0.05, 0.1) is 12.8 Å². The first kappa shape index (κ1) is 19.1. The Morgan fingerprint density at radius 1 is 1.33 bits per heavy atom. The molecule has 1 aliphatic rings. The van der Waals surface area contributed by atoms with E-state index in [1.54, 1.807) is 13.3 Å². The summed E-state index contributed by atoms with van der Waals surface area (Å²) in [5, 5.41) is 7.45. The molecule has 1 N–H and O–H groups in total. The highest BCUT2D eigenvalue weighted by Gasteiger charge is 2.23. The van der Waals surface area contributed by atoms with Crippen molar-refractivity contribution in [1.29, 1.82) is 0 Å². The summed E-state index contributed by atoms with van der Waals surface area (Å²) in [7, 11) is 3.49. The van der Waals surface area contributed by atoms with E-state index in [1.807, 2.05) is 31.6 Å². The predicted molar refractivity (Wildman–Crippen MR) is 103 cm³/mol. The molecule has 0 aliphatic carbocycles. The molecule has 1 fully saturated rings. The van der Waals surface area contributed by atoms with Crippen LogP contribution in [0, 0.1) is 19.8 Å². The summed E-state index contributed by atoms with van der Waals surface area (Å²) in [5.74, 6) is 1.40. The summed E-state index contributed by atoms with van der Waals surface area (Å²) in [5.41, 5.74) is 3.18. The minimum Gasteiger partial charge on any atom is -0.467 e. The van der Waals surface area contributed by atoms with Crippen LogP contribution < -0.4 is 15.0 Å². The molecule has 0 bridgehead atoms. The highest BCUT2D eigenvalue weighted by atomic mass is 16.5. The van der Waals surface area contributed by atoms with E-state index in [0.29, 0.717) is 24.9 Å². The third kappa shape index (κ3) is 4.56. The van der Waals surface area contributed by atoms with Crippen molar-refractivity contribution in [3.63, 3.8) is 0 Å². The van der Waals surface area contributed by atoms with Crippen LogP contribution >= 0.6 is 0 Å². The molecule has 0 aromatic carbocycles. The largest absolute Gasteiger partial charge is 0.467 e. The van der Waals surface area contributed by atoms with Gasteiger partial charge in [-0.15, -0.1) is 0 Å². The predicted octanol–water partition coefficient (Wildman–Crippen LogP) is 1.76. The Kier molecular flexibility index (Phi) is 5.93. The summed E-state index contributed by atoms with van der Waals surface area (Å²) in [6.45, 7) is 6.33. The van der Waals surface area contributed by atoms with Gasteiger partial charge >= 0.3 is 6.01 Å². The number of amides is 1. The average Bonchev–Trinajstić information content (AvgIpc) is 2.92. The maximum absolute atomic E-state index is 12.4. The van der Waals surface area contributed by atoms with E-state index in [2.05, 4.69) is 25.3 Å². The van der Waals surface area contributed by atoms with E-state index in [4.69, 9.17) is 4.74 Å². The maximum Gasteiger partial charge on any atom is 0.318 e. The van der Waals surface area contributed by atoms with E-state index >= 15 is 0 Å². The Bertz CT molecular complexity index is 795. The Morgan fingerprint density at radius 3 is 2.70 bits per heavy atom. The second-order valence-corrected chi connectivity index (χ2v) is 7.09. The lowest BCUT2D eigenvalue weighted by Gasteiger charge is -2.32. The molecular weight excluding hydrogens is 344 g/mol. The van der Waals surface area contributed by atoms with Gasteiger partial charge in [0.25, 0.3) is 0 Å². The lowest BCUT2D eigenvalue weighted by molar-refractivity contribution is -0.122. The highest BCUT2D eigenvalue weighted by molar-refractivity contribution is 5.76. The van der Waals surface area contributed by atoms with Crippen LogP contribution in [-0.2, 0) is 18.4 Å². The summed E-state index contributed by atoms with van der Waals surface area (Å²) in [6, 6.07) is 2.28. The van der Waals surface area contributed by atoms with Gasteiger partial charge in [0.2, 0.25) is 5.91 Å². The first-order valence-electron chi connectivity index (χ1n) is 9.35. The molecule has 1 aliphatic heterocycles. The molecule has 1 saturated heterocycles. The Balaban J connectivity index is 1.46. The fourth-order valence-corrected chi connectivity index (χ4v) is 3.57. The molecule has 0 unspecified atom stereocenters. The van der Waals surface area contributed by atoms with Crippen molar-refractivity contribution < 1.29 is 9.53 Å². The molecule has 2 aromatic heterocycles. The van der Waals surface area contributed by atoms with E-state index < -0.39 is 0 Å². The molecule has 3 rings (SSSR count). The molecule has 0 atom stereocenters. The number of ether oxygens (including phenoxy) is 1. The van der Waals surface area contributed by atoms with Crippen molar-refractivity contribution in [3.8, 4) is 6.01 Å². The van der Waals surface area contributed by atoms with Crippen LogP contribution in [-0.4, -0.2) is 45.9 Å². The Hall–Kier alpha value is -2.64. The molecular formula is C19H28N6O2. The zero-order valence-corrected chi connectivity index (χ0v) is 16.5. The summed E-state index contributed by atoms with van der Waals surface area (Å²) in [4.78, 5) is 23.0. The van der Waals surface area contributed by atoms with Crippen LogP contribution in [0.3, 0.4) is 0 Å². The molecule has 0 radical (unpaired) electrons. The first-order valence-corrected chi connectivity index (χ1v) is 9.35. The van der Waals surface area contributed by atoms with Crippen molar-refractivity contribution in [2.75, 3.05) is 25.1 Å².